The fourth-order valence-corrected chi connectivity index (χ4v) is 8.17. The van der Waals surface area contributed by atoms with Crippen LogP contribution in [-0.2, 0) is 20.7 Å². The first-order chi connectivity index (χ1) is 21.5. The molecule has 0 aromatic heterocycles. The van der Waals surface area contributed by atoms with E-state index in [1.165, 1.54) is 18.6 Å². The Morgan fingerprint density at radius 1 is 1.00 bits per heavy atom. The first-order valence-electron chi connectivity index (χ1n) is 16.2. The Labute approximate surface area is 270 Å². The predicted molar refractivity (Wildman–Crippen MR) is 174 cm³/mol. The first kappa shape index (κ1) is 32.0. The van der Waals surface area contributed by atoms with Gasteiger partial charge in [0.1, 0.15) is 28.4 Å². The molecule has 3 aliphatic carbocycles. The molecular weight excluding hydrogens is 584 g/mol. The maximum atomic E-state index is 14.7. The lowest BCUT2D eigenvalue weighted by molar-refractivity contribution is -0.171. The average Bonchev–Trinajstić information content (AvgIpc) is 3.12. The molecule has 7 rings (SSSR count). The molecule has 1 aromatic carbocycles. The zero-order valence-corrected chi connectivity index (χ0v) is 28.0. The van der Waals surface area contributed by atoms with Gasteiger partial charge in [0.2, 0.25) is 0 Å². The van der Waals surface area contributed by atoms with Crippen molar-refractivity contribution in [1.29, 1.82) is 0 Å². The summed E-state index contributed by atoms with van der Waals surface area (Å²) in [5.41, 5.74) is -0.952. The largest absolute Gasteiger partial charge is 0.506 e. The van der Waals surface area contributed by atoms with Crippen molar-refractivity contribution in [2.24, 2.45) is 11.8 Å². The third-order valence-electron chi connectivity index (χ3n) is 10.5. The molecule has 3 aliphatic heterocycles. The number of aromatic hydroxyl groups is 1. The summed E-state index contributed by atoms with van der Waals surface area (Å²) in [5, 5.41) is 21.4. The third-order valence-corrected chi connectivity index (χ3v) is 10.5. The minimum atomic E-state index is -1.63. The van der Waals surface area contributed by atoms with Gasteiger partial charge in [0, 0.05) is 35.0 Å². The summed E-state index contributed by atoms with van der Waals surface area (Å²) in [6.07, 6.45) is 13.4. The monoisotopic (exact) mass is 628 g/mol. The molecule has 8 nitrogen and oxygen atoms in total. The van der Waals surface area contributed by atoms with Crippen LogP contribution in [0.4, 0.5) is 0 Å². The Morgan fingerprint density at radius 2 is 1.70 bits per heavy atom. The van der Waals surface area contributed by atoms with Crippen molar-refractivity contribution in [3.8, 4) is 17.2 Å². The molecule has 46 heavy (non-hydrogen) atoms. The zero-order valence-electron chi connectivity index (χ0n) is 28.0. The molecule has 8 heteroatoms. The Morgan fingerprint density at radius 3 is 2.35 bits per heavy atom. The van der Waals surface area contributed by atoms with Crippen molar-refractivity contribution in [2.45, 2.75) is 110 Å². The van der Waals surface area contributed by atoms with Gasteiger partial charge in [-0.3, -0.25) is 9.59 Å². The van der Waals surface area contributed by atoms with Crippen LogP contribution in [-0.4, -0.2) is 50.2 Å². The van der Waals surface area contributed by atoms with Crippen molar-refractivity contribution in [3.05, 3.63) is 69.4 Å². The fourth-order valence-electron chi connectivity index (χ4n) is 8.17. The molecular formula is C38H44O8. The lowest BCUT2D eigenvalue weighted by Crippen LogP contribution is -2.72. The van der Waals surface area contributed by atoms with E-state index in [9.17, 15) is 24.6 Å². The van der Waals surface area contributed by atoms with Gasteiger partial charge in [-0.05, 0) is 93.2 Å². The second-order valence-electron chi connectivity index (χ2n) is 14.8. The summed E-state index contributed by atoms with van der Waals surface area (Å²) in [7, 11) is 0. The van der Waals surface area contributed by atoms with Gasteiger partial charge in [0.25, 0.3) is 0 Å². The molecule has 0 amide bonds. The van der Waals surface area contributed by atoms with Crippen molar-refractivity contribution in [3.63, 3.8) is 0 Å². The van der Waals surface area contributed by atoms with Gasteiger partial charge < -0.3 is 24.4 Å². The highest BCUT2D eigenvalue weighted by Crippen LogP contribution is 2.68. The number of benzene rings is 1. The number of carbonyl (C=O) groups excluding carboxylic acids is 2. The van der Waals surface area contributed by atoms with E-state index < -0.39 is 40.1 Å². The second kappa shape index (κ2) is 10.6. The van der Waals surface area contributed by atoms with Crippen molar-refractivity contribution < 1.29 is 38.8 Å². The molecule has 2 fully saturated rings. The smallest absolute Gasteiger partial charge is 0.330 e. The van der Waals surface area contributed by atoms with Crippen LogP contribution in [0.3, 0.4) is 0 Å². The highest BCUT2D eigenvalue weighted by Gasteiger charge is 2.81. The third kappa shape index (κ3) is 4.47. The van der Waals surface area contributed by atoms with Gasteiger partial charge in [0.15, 0.2) is 22.8 Å². The lowest BCUT2D eigenvalue weighted by atomic mass is 9.51. The van der Waals surface area contributed by atoms with Crippen LogP contribution in [0.15, 0.2) is 52.7 Å². The van der Waals surface area contributed by atoms with Crippen molar-refractivity contribution in [1.82, 2.24) is 0 Å². The molecule has 1 spiro atoms. The summed E-state index contributed by atoms with van der Waals surface area (Å²) < 4.78 is 20.6. The van der Waals surface area contributed by atoms with E-state index in [2.05, 4.69) is 19.9 Å². The number of fused-ring (bicyclic) bond motifs is 2. The maximum Gasteiger partial charge on any atom is 0.330 e. The first-order valence-corrected chi connectivity index (χ1v) is 16.2. The van der Waals surface area contributed by atoms with Gasteiger partial charge in [-0.2, -0.15) is 0 Å². The van der Waals surface area contributed by atoms with Crippen LogP contribution < -0.4 is 9.47 Å². The number of allylic oxidation sites excluding steroid dienone is 5. The number of phenols is 1. The normalized spacial score (nSPS) is 31.2. The summed E-state index contributed by atoms with van der Waals surface area (Å²) in [5.74, 6) is -2.28. The number of carboxylic acids is 1. The summed E-state index contributed by atoms with van der Waals surface area (Å²) in [6, 6.07) is 0. The van der Waals surface area contributed by atoms with Crippen LogP contribution in [0.2, 0.25) is 0 Å². The van der Waals surface area contributed by atoms with Crippen LogP contribution in [0.25, 0.3) is 6.08 Å². The Kier molecular flexibility index (Phi) is 7.36. The van der Waals surface area contributed by atoms with E-state index in [1.54, 1.807) is 6.08 Å². The summed E-state index contributed by atoms with van der Waals surface area (Å²) in [6.45, 7) is 15.4. The molecule has 244 valence electrons. The van der Waals surface area contributed by atoms with Gasteiger partial charge in [0.05, 0.1) is 11.2 Å². The summed E-state index contributed by atoms with van der Waals surface area (Å²) >= 11 is 0. The molecule has 1 saturated heterocycles. The standard InChI is InChI=1S/C38H44O8/c1-20(2)10-9-15-36(8)16-14-24-29(39)28-30(40)26-18-23-19-27-35(6,7)46-37(33(23)41,17-13-22(5)34(42)43)38(26,27)45-32(28)25(31(24)44-36)12-11-21(3)4/h10-11,13-14,16,18,23,27,39H,9,12,15,17,19H2,1-8H3,(H,42,43)/t23-,27?,36+,37+,38-/m1/s1. The van der Waals surface area contributed by atoms with Crippen molar-refractivity contribution >= 4 is 23.6 Å². The van der Waals surface area contributed by atoms with Gasteiger partial charge in [-0.25, -0.2) is 4.79 Å². The Bertz CT molecular complexity index is 1730. The number of aliphatic carboxylic acids is 1. The van der Waals surface area contributed by atoms with Crippen LogP contribution in [0.1, 0.15) is 103 Å². The molecule has 1 saturated carbocycles. The molecule has 2 N–H and O–H groups in total. The summed E-state index contributed by atoms with van der Waals surface area (Å²) in [4.78, 5) is 40.8. The van der Waals surface area contributed by atoms with Crippen LogP contribution >= 0.6 is 0 Å². The number of ether oxygens (including phenoxy) is 3. The average molecular weight is 629 g/mol. The number of carboxylic acid groups (broad SMARTS) is 1. The van der Waals surface area contributed by atoms with E-state index in [4.69, 9.17) is 14.2 Å². The molecule has 0 radical (unpaired) electrons. The quantitative estimate of drug-likeness (QED) is 0.228. The van der Waals surface area contributed by atoms with Crippen LogP contribution in [0.5, 0.6) is 17.2 Å². The molecule has 3 heterocycles. The van der Waals surface area contributed by atoms with E-state index in [1.807, 2.05) is 52.8 Å². The van der Waals surface area contributed by atoms with E-state index in [0.29, 0.717) is 41.7 Å². The van der Waals surface area contributed by atoms with Gasteiger partial charge >= 0.3 is 5.97 Å². The minimum Gasteiger partial charge on any atom is -0.506 e. The molecule has 5 atom stereocenters. The topological polar surface area (TPSA) is 119 Å². The van der Waals surface area contributed by atoms with E-state index in [0.717, 1.165) is 12.0 Å². The second-order valence-corrected chi connectivity index (χ2v) is 14.8. The van der Waals surface area contributed by atoms with E-state index in [-0.39, 0.29) is 40.8 Å². The molecule has 1 aromatic rings. The predicted octanol–water partition coefficient (Wildman–Crippen LogP) is 7.24. The van der Waals surface area contributed by atoms with Crippen molar-refractivity contribution in [2.75, 3.05) is 0 Å². The number of rotatable bonds is 8. The molecule has 1 unspecified atom stereocenters. The highest BCUT2D eigenvalue weighted by atomic mass is 16.6. The number of carbonyl (C=O) groups is 3. The Balaban J connectivity index is 1.59. The SMILES string of the molecule is CC(C)=CCC[C@@]1(C)C=Cc2c(O)c3c(c(CC=C(C)C)c2O1)O[C@]12C(=C[C@@H]4CC1C(C)(C)O[C@@]2(CC=C(C)C(=O)O)C4=O)C3=O. The zero-order chi connectivity index (χ0) is 33.6. The van der Waals surface area contributed by atoms with Gasteiger partial charge in [-0.1, -0.05) is 35.5 Å². The maximum absolute atomic E-state index is 14.7. The number of phenolic OH excluding ortho intramolecular Hbond substituents is 1. The van der Waals surface area contributed by atoms with E-state index >= 15 is 0 Å². The molecule has 4 bridgehead atoms. The van der Waals surface area contributed by atoms with Gasteiger partial charge in [-0.15, -0.1) is 0 Å². The fraction of sp³-hybridized carbons (Fsp3) is 0.500. The number of ketones is 2. The number of hydrogen-bond acceptors (Lipinski definition) is 7. The number of hydrogen-bond donors (Lipinski definition) is 2. The highest BCUT2D eigenvalue weighted by molar-refractivity contribution is 6.19. The lowest BCUT2D eigenvalue weighted by Gasteiger charge is -2.56. The number of Topliss-reactive ketones (excluding diaryl/α,β-unsaturated/α-hetero) is 2. The minimum absolute atomic E-state index is 0.0544. The Hall–Kier alpha value is -3.91. The van der Waals surface area contributed by atoms with Crippen LogP contribution in [0, 0.1) is 11.8 Å². The molecule has 6 aliphatic rings.